The maximum absolute atomic E-state index is 13.6. The molecule has 13 heteroatoms. The summed E-state index contributed by atoms with van der Waals surface area (Å²) in [5, 5.41) is 10.4. The van der Waals surface area contributed by atoms with E-state index in [0.29, 0.717) is 36.4 Å². The van der Waals surface area contributed by atoms with E-state index in [2.05, 4.69) is 10.6 Å². The number of rotatable bonds is 8. The van der Waals surface area contributed by atoms with Gasteiger partial charge in [0.1, 0.15) is 22.9 Å². The first-order chi connectivity index (χ1) is 19.2. The summed E-state index contributed by atoms with van der Waals surface area (Å²) in [4.78, 5) is 26.2. The second-order valence-corrected chi connectivity index (χ2v) is 12.8. The van der Waals surface area contributed by atoms with Crippen LogP contribution in [-0.2, 0) is 33.0 Å². The van der Waals surface area contributed by atoms with Gasteiger partial charge in [0.25, 0.3) is 5.91 Å². The van der Waals surface area contributed by atoms with Crippen LogP contribution in [0.1, 0.15) is 52.0 Å². The molecule has 2 aromatic carbocycles. The Balaban J connectivity index is 1.45. The number of sulfone groups is 1. The summed E-state index contributed by atoms with van der Waals surface area (Å²) in [5.41, 5.74) is 3.21. The molecule has 1 spiro atoms. The van der Waals surface area contributed by atoms with Gasteiger partial charge < -0.3 is 15.4 Å². The molecule has 3 aromatic rings. The normalized spacial score (nSPS) is 18.1. The second-order valence-electron chi connectivity index (χ2n) is 10.6. The number of halogens is 3. The third-order valence-electron chi connectivity index (χ3n) is 7.22. The highest BCUT2D eigenvalue weighted by Crippen LogP contribution is 2.44. The zero-order valence-corrected chi connectivity index (χ0v) is 23.3. The predicted octanol–water partition coefficient (Wildman–Crippen LogP) is 4.01. The van der Waals surface area contributed by atoms with Crippen LogP contribution < -0.4 is 15.4 Å². The van der Waals surface area contributed by atoms with Crippen molar-refractivity contribution < 1.29 is 35.9 Å². The number of carbonyl (C=O) groups excluding carboxylic acids is 2. The van der Waals surface area contributed by atoms with E-state index in [4.69, 9.17) is 9.84 Å². The van der Waals surface area contributed by atoms with Crippen LogP contribution in [0, 0.1) is 6.92 Å². The molecule has 2 amide bonds. The van der Waals surface area contributed by atoms with Crippen molar-refractivity contribution in [3.63, 3.8) is 0 Å². The van der Waals surface area contributed by atoms with Crippen molar-refractivity contribution in [1.82, 2.24) is 15.1 Å². The molecule has 0 fully saturated rings. The van der Waals surface area contributed by atoms with Crippen LogP contribution in [-0.4, -0.2) is 54.8 Å². The van der Waals surface area contributed by atoms with Crippen molar-refractivity contribution in [3.8, 4) is 11.4 Å². The molecule has 218 valence electrons. The molecule has 0 saturated heterocycles. The number of nitrogens with one attached hydrogen (secondary N) is 2. The summed E-state index contributed by atoms with van der Waals surface area (Å²) >= 11 is 0. The van der Waals surface area contributed by atoms with Gasteiger partial charge in [0, 0.05) is 19.1 Å². The van der Waals surface area contributed by atoms with Gasteiger partial charge in [0.15, 0.2) is 9.84 Å². The molecule has 0 unspecified atom stereocenters. The Labute approximate surface area is 235 Å². The van der Waals surface area contributed by atoms with Gasteiger partial charge in [-0.05, 0) is 61.6 Å². The number of alkyl halides is 3. The first-order valence-electron chi connectivity index (χ1n) is 13.0. The first-order valence-corrected chi connectivity index (χ1v) is 15.1. The van der Waals surface area contributed by atoms with Crippen molar-refractivity contribution in [1.29, 1.82) is 0 Å². The Hall–Kier alpha value is -3.87. The molecule has 41 heavy (non-hydrogen) atoms. The maximum atomic E-state index is 13.6. The second kappa shape index (κ2) is 10.5. The van der Waals surface area contributed by atoms with Crippen LogP contribution in [0.3, 0.4) is 0 Å². The lowest BCUT2D eigenvalue weighted by atomic mass is 9.82. The molecule has 9 nitrogen and oxygen atoms in total. The van der Waals surface area contributed by atoms with E-state index in [1.54, 1.807) is 24.3 Å². The van der Waals surface area contributed by atoms with Gasteiger partial charge in [-0.1, -0.05) is 23.8 Å². The van der Waals surface area contributed by atoms with Crippen molar-refractivity contribution in [2.24, 2.45) is 0 Å². The Morgan fingerprint density at radius 3 is 2.61 bits per heavy atom. The predicted molar refractivity (Wildman–Crippen MR) is 145 cm³/mol. The number of hydrogen-bond donors (Lipinski definition) is 2. The largest absolute Gasteiger partial charge is 0.494 e. The van der Waals surface area contributed by atoms with Gasteiger partial charge in [0.2, 0.25) is 5.91 Å². The first kappa shape index (κ1) is 28.7. The molecule has 0 saturated carbocycles. The number of nitrogens with zero attached hydrogens (tertiary/aromatic N) is 2. The molecule has 1 aromatic heterocycles. The Kier molecular flexibility index (Phi) is 7.35. The van der Waals surface area contributed by atoms with Gasteiger partial charge in [-0.2, -0.15) is 18.3 Å². The molecule has 0 bridgehead atoms. The number of benzene rings is 2. The minimum absolute atomic E-state index is 0.0617. The molecule has 1 atom stereocenters. The number of amides is 2. The lowest BCUT2D eigenvalue weighted by molar-refractivity contribution is -0.136. The number of fused-ring (bicyclic) bond motifs is 3. The third kappa shape index (κ3) is 6.24. The number of aromatic nitrogens is 2. The Morgan fingerprint density at radius 1 is 1.20 bits per heavy atom. The van der Waals surface area contributed by atoms with Gasteiger partial charge in [0.05, 0.1) is 23.5 Å². The highest BCUT2D eigenvalue weighted by Gasteiger charge is 2.46. The quantitative estimate of drug-likeness (QED) is 0.383. The molecule has 0 radical (unpaired) electrons. The van der Waals surface area contributed by atoms with E-state index in [1.165, 1.54) is 4.68 Å². The van der Waals surface area contributed by atoms with Gasteiger partial charge in [-0.25, -0.2) is 13.1 Å². The zero-order chi connectivity index (χ0) is 29.6. The SMILES string of the molecule is Cc1ccc(-n2nc3c(c2NC(=O)CS(C)(=O)=O)C(=O)N[C@@]2(CCc4cc(OCCCC(F)(F)F)ccc42)C3)cc1. The minimum Gasteiger partial charge on any atom is -0.494 e. The average molecular weight is 591 g/mol. The number of ether oxygens (including phenoxy) is 1. The standard InChI is InChI=1S/C28H29F3N4O5S/c1-17-4-6-19(7-5-17)35-25(32-23(36)16-41(2,38)39)24-22(34-35)15-27(33-26(24)37)12-10-18-14-20(8-9-21(18)27)40-13-3-11-28(29,30)31/h4-9,14H,3,10-13,15-16H2,1-2H3,(H,32,36)(H,33,37)/t27-/m0/s1. The fraction of sp³-hybridized carbons (Fsp3) is 0.393. The summed E-state index contributed by atoms with van der Waals surface area (Å²) in [6.07, 6.45) is -2.83. The van der Waals surface area contributed by atoms with Crippen LogP contribution in [0.5, 0.6) is 5.75 Å². The molecule has 1 aliphatic heterocycles. The molecule has 2 N–H and O–H groups in total. The summed E-state index contributed by atoms with van der Waals surface area (Å²) in [5.74, 6) is -1.44. The summed E-state index contributed by atoms with van der Waals surface area (Å²) < 4.78 is 67.7. The van der Waals surface area contributed by atoms with Crippen molar-refractivity contribution >= 4 is 27.5 Å². The smallest absolute Gasteiger partial charge is 0.389 e. The number of hydrogen-bond acceptors (Lipinski definition) is 6. The zero-order valence-electron chi connectivity index (χ0n) is 22.5. The summed E-state index contributed by atoms with van der Waals surface area (Å²) in [6, 6.07) is 12.6. The van der Waals surface area contributed by atoms with Gasteiger partial charge >= 0.3 is 6.18 Å². The number of carbonyl (C=O) groups is 2. The number of aryl methyl sites for hydroxylation is 2. The van der Waals surface area contributed by atoms with E-state index < -0.39 is 45.5 Å². The van der Waals surface area contributed by atoms with Crippen LogP contribution in [0.25, 0.3) is 5.69 Å². The fourth-order valence-electron chi connectivity index (χ4n) is 5.42. The average Bonchev–Trinajstić information content (AvgIpc) is 3.39. The van der Waals surface area contributed by atoms with E-state index in [-0.39, 0.29) is 24.4 Å². The van der Waals surface area contributed by atoms with Crippen molar-refractivity contribution in [2.45, 2.75) is 50.7 Å². The van der Waals surface area contributed by atoms with Crippen LogP contribution in [0.2, 0.25) is 0 Å². The van der Waals surface area contributed by atoms with Crippen LogP contribution >= 0.6 is 0 Å². The molecular weight excluding hydrogens is 561 g/mol. The minimum atomic E-state index is -4.23. The summed E-state index contributed by atoms with van der Waals surface area (Å²) in [7, 11) is -3.62. The van der Waals surface area contributed by atoms with E-state index >= 15 is 0 Å². The molecule has 2 aliphatic rings. The molecule has 5 rings (SSSR count). The Morgan fingerprint density at radius 2 is 1.93 bits per heavy atom. The van der Waals surface area contributed by atoms with Crippen LogP contribution in [0.15, 0.2) is 42.5 Å². The highest BCUT2D eigenvalue weighted by atomic mass is 32.2. The maximum Gasteiger partial charge on any atom is 0.389 e. The third-order valence-corrected chi connectivity index (χ3v) is 8.01. The van der Waals surface area contributed by atoms with E-state index in [9.17, 15) is 31.2 Å². The molecule has 2 heterocycles. The van der Waals surface area contributed by atoms with E-state index in [1.807, 2.05) is 25.1 Å². The van der Waals surface area contributed by atoms with Gasteiger partial charge in [-0.15, -0.1) is 0 Å². The van der Waals surface area contributed by atoms with Crippen molar-refractivity contribution in [3.05, 3.63) is 70.4 Å². The lowest BCUT2D eigenvalue weighted by Crippen LogP contribution is -2.49. The van der Waals surface area contributed by atoms with Gasteiger partial charge in [-0.3, -0.25) is 9.59 Å². The van der Waals surface area contributed by atoms with Crippen LogP contribution in [0.4, 0.5) is 19.0 Å². The topological polar surface area (TPSA) is 119 Å². The molecule has 1 aliphatic carbocycles. The van der Waals surface area contributed by atoms with E-state index in [0.717, 1.165) is 22.9 Å². The molecular formula is C28H29F3N4O5S. The Bertz CT molecular complexity index is 1620. The van der Waals surface area contributed by atoms with Crippen molar-refractivity contribution in [2.75, 3.05) is 23.9 Å². The monoisotopic (exact) mass is 590 g/mol. The summed E-state index contributed by atoms with van der Waals surface area (Å²) in [6.45, 7) is 1.86. The highest BCUT2D eigenvalue weighted by molar-refractivity contribution is 7.91. The fourth-order valence-corrected chi connectivity index (χ4v) is 5.97. The lowest BCUT2D eigenvalue weighted by Gasteiger charge is -2.35. The number of anilines is 1.